The molecule has 2 aromatic carbocycles. The molecule has 0 aromatic heterocycles. The van der Waals surface area contributed by atoms with Gasteiger partial charge in [-0.1, -0.05) is 30.3 Å². The van der Waals surface area contributed by atoms with Gasteiger partial charge >= 0.3 is 0 Å². The van der Waals surface area contributed by atoms with E-state index in [2.05, 4.69) is 19.1 Å². The van der Waals surface area contributed by atoms with Crippen molar-refractivity contribution in [2.24, 2.45) is 5.73 Å². The van der Waals surface area contributed by atoms with E-state index < -0.39 is 0 Å². The van der Waals surface area contributed by atoms with Gasteiger partial charge in [0.15, 0.2) is 11.6 Å². The summed E-state index contributed by atoms with van der Waals surface area (Å²) in [6, 6.07) is 13.4. The third-order valence-electron chi connectivity index (χ3n) is 3.74. The van der Waals surface area contributed by atoms with E-state index in [-0.39, 0.29) is 11.7 Å². The van der Waals surface area contributed by atoms with Crippen LogP contribution >= 0.6 is 0 Å². The Hall–Kier alpha value is -1.87. The first-order valence-electron chi connectivity index (χ1n) is 7.32. The summed E-state index contributed by atoms with van der Waals surface area (Å²) in [5, 5.41) is 0. The van der Waals surface area contributed by atoms with Gasteiger partial charge < -0.3 is 10.5 Å². The number of rotatable bonds is 6. The summed E-state index contributed by atoms with van der Waals surface area (Å²) in [5.74, 6) is 0.0850. The average Bonchev–Trinajstić information content (AvgIpc) is 2.49. The molecule has 2 N–H and O–H groups in total. The van der Waals surface area contributed by atoms with Crippen molar-refractivity contribution >= 4 is 0 Å². The van der Waals surface area contributed by atoms with E-state index in [0.717, 1.165) is 12.0 Å². The molecule has 21 heavy (non-hydrogen) atoms. The molecule has 0 amide bonds. The van der Waals surface area contributed by atoms with Crippen molar-refractivity contribution in [1.82, 2.24) is 0 Å². The van der Waals surface area contributed by atoms with Crippen molar-refractivity contribution < 1.29 is 9.13 Å². The molecule has 0 saturated carbocycles. The molecule has 2 rings (SSSR count). The third-order valence-corrected chi connectivity index (χ3v) is 3.74. The van der Waals surface area contributed by atoms with E-state index >= 15 is 0 Å². The van der Waals surface area contributed by atoms with Crippen LogP contribution in [-0.2, 0) is 6.42 Å². The number of halogens is 1. The highest BCUT2D eigenvalue weighted by Crippen LogP contribution is 2.26. The lowest BCUT2D eigenvalue weighted by molar-refractivity contribution is 0.321. The van der Waals surface area contributed by atoms with Crippen LogP contribution in [-0.4, -0.2) is 13.2 Å². The Morgan fingerprint density at radius 2 is 1.95 bits per heavy atom. The van der Waals surface area contributed by atoms with Gasteiger partial charge in [-0.2, -0.15) is 0 Å². The fraction of sp³-hybridized carbons (Fsp3) is 0.333. The van der Waals surface area contributed by atoms with Crippen molar-refractivity contribution in [3.8, 4) is 5.75 Å². The second-order valence-electron chi connectivity index (χ2n) is 5.19. The van der Waals surface area contributed by atoms with Crippen LogP contribution in [0.3, 0.4) is 0 Å². The fourth-order valence-corrected chi connectivity index (χ4v) is 2.49. The van der Waals surface area contributed by atoms with Crippen LogP contribution in [0.4, 0.5) is 4.39 Å². The first-order chi connectivity index (χ1) is 10.2. The highest BCUT2D eigenvalue weighted by Gasteiger charge is 2.14. The highest BCUT2D eigenvalue weighted by molar-refractivity contribution is 5.34. The van der Waals surface area contributed by atoms with Crippen LogP contribution in [0.25, 0.3) is 0 Å². The molecule has 0 saturated heterocycles. The largest absolute Gasteiger partial charge is 0.491 e. The molecule has 0 aliphatic carbocycles. The predicted octanol–water partition coefficient (Wildman–Crippen LogP) is 3.82. The molecule has 0 radical (unpaired) electrons. The zero-order chi connectivity index (χ0) is 15.2. The SMILES string of the molecule is CCOc1ccc(C(CN)Cc2ccccc2C)cc1F. The number of benzene rings is 2. The Kier molecular flexibility index (Phi) is 5.34. The van der Waals surface area contributed by atoms with Crippen LogP contribution < -0.4 is 10.5 Å². The van der Waals surface area contributed by atoms with Gasteiger partial charge in [-0.25, -0.2) is 4.39 Å². The molecule has 112 valence electrons. The lowest BCUT2D eigenvalue weighted by Gasteiger charge is -2.17. The summed E-state index contributed by atoms with van der Waals surface area (Å²) >= 11 is 0. The molecule has 1 unspecified atom stereocenters. The minimum atomic E-state index is -0.322. The van der Waals surface area contributed by atoms with E-state index in [1.807, 2.05) is 25.1 Å². The third kappa shape index (κ3) is 3.82. The first kappa shape index (κ1) is 15.5. The van der Waals surface area contributed by atoms with Gasteiger partial charge in [0.2, 0.25) is 0 Å². The molecule has 0 spiro atoms. The lowest BCUT2D eigenvalue weighted by Crippen LogP contribution is -2.16. The topological polar surface area (TPSA) is 35.2 Å². The van der Waals surface area contributed by atoms with E-state index in [0.29, 0.717) is 18.9 Å². The van der Waals surface area contributed by atoms with E-state index in [9.17, 15) is 4.39 Å². The van der Waals surface area contributed by atoms with E-state index in [4.69, 9.17) is 10.5 Å². The quantitative estimate of drug-likeness (QED) is 0.876. The molecular formula is C18H22FNO. The number of ether oxygens (including phenoxy) is 1. The van der Waals surface area contributed by atoms with Gasteiger partial charge in [-0.05, 0) is 55.6 Å². The fourth-order valence-electron chi connectivity index (χ4n) is 2.49. The van der Waals surface area contributed by atoms with Gasteiger partial charge in [0.1, 0.15) is 0 Å². The first-order valence-corrected chi connectivity index (χ1v) is 7.32. The predicted molar refractivity (Wildman–Crippen MR) is 84.2 cm³/mol. The number of hydrogen-bond acceptors (Lipinski definition) is 2. The molecule has 1 atom stereocenters. The molecule has 2 nitrogen and oxygen atoms in total. The van der Waals surface area contributed by atoms with Crippen LogP contribution in [0.2, 0.25) is 0 Å². The standard InChI is InChI=1S/C18H22FNO/c1-3-21-18-9-8-15(11-17(18)19)16(12-20)10-14-7-5-4-6-13(14)2/h4-9,11,16H,3,10,12,20H2,1-2H3. The molecule has 0 bridgehead atoms. The molecular weight excluding hydrogens is 265 g/mol. The molecule has 0 fully saturated rings. The second kappa shape index (κ2) is 7.23. The van der Waals surface area contributed by atoms with Gasteiger partial charge in [-0.15, -0.1) is 0 Å². The Morgan fingerprint density at radius 1 is 1.19 bits per heavy atom. The lowest BCUT2D eigenvalue weighted by atomic mass is 9.90. The van der Waals surface area contributed by atoms with E-state index in [1.54, 1.807) is 12.1 Å². The number of nitrogens with two attached hydrogens (primary N) is 1. The van der Waals surface area contributed by atoms with Crippen LogP contribution in [0.5, 0.6) is 5.75 Å². The van der Waals surface area contributed by atoms with Crippen molar-refractivity contribution in [3.05, 3.63) is 65.0 Å². The molecule has 0 aliphatic heterocycles. The van der Waals surface area contributed by atoms with Crippen LogP contribution in [0.15, 0.2) is 42.5 Å². The number of aryl methyl sites for hydroxylation is 1. The molecule has 0 aliphatic rings. The summed E-state index contributed by atoms with van der Waals surface area (Å²) in [6.07, 6.45) is 0.816. The van der Waals surface area contributed by atoms with Gasteiger partial charge in [0.05, 0.1) is 6.61 Å². The van der Waals surface area contributed by atoms with Gasteiger partial charge in [0.25, 0.3) is 0 Å². The Morgan fingerprint density at radius 3 is 2.57 bits per heavy atom. The van der Waals surface area contributed by atoms with Crippen molar-refractivity contribution in [3.63, 3.8) is 0 Å². The second-order valence-corrected chi connectivity index (χ2v) is 5.19. The maximum absolute atomic E-state index is 14.0. The van der Waals surface area contributed by atoms with Crippen molar-refractivity contribution in [2.75, 3.05) is 13.2 Å². The van der Waals surface area contributed by atoms with Crippen molar-refractivity contribution in [2.45, 2.75) is 26.2 Å². The number of hydrogen-bond donors (Lipinski definition) is 1. The van der Waals surface area contributed by atoms with Gasteiger partial charge in [0, 0.05) is 5.92 Å². The minimum Gasteiger partial charge on any atom is -0.491 e. The smallest absolute Gasteiger partial charge is 0.165 e. The normalized spacial score (nSPS) is 12.2. The Balaban J connectivity index is 2.21. The highest BCUT2D eigenvalue weighted by atomic mass is 19.1. The molecule has 3 heteroatoms. The summed E-state index contributed by atoms with van der Waals surface area (Å²) in [7, 11) is 0. The average molecular weight is 287 g/mol. The summed E-state index contributed by atoms with van der Waals surface area (Å²) < 4.78 is 19.2. The molecule has 2 aromatic rings. The summed E-state index contributed by atoms with van der Waals surface area (Å²) in [5.41, 5.74) is 9.30. The zero-order valence-electron chi connectivity index (χ0n) is 12.6. The summed E-state index contributed by atoms with van der Waals surface area (Å²) in [6.45, 7) is 4.87. The Labute approximate surface area is 125 Å². The van der Waals surface area contributed by atoms with Gasteiger partial charge in [-0.3, -0.25) is 0 Å². The minimum absolute atomic E-state index is 0.108. The summed E-state index contributed by atoms with van der Waals surface area (Å²) in [4.78, 5) is 0. The van der Waals surface area contributed by atoms with E-state index in [1.165, 1.54) is 11.1 Å². The maximum Gasteiger partial charge on any atom is 0.165 e. The zero-order valence-corrected chi connectivity index (χ0v) is 12.6. The van der Waals surface area contributed by atoms with Crippen LogP contribution in [0, 0.1) is 12.7 Å². The van der Waals surface area contributed by atoms with Crippen LogP contribution in [0.1, 0.15) is 29.5 Å². The Bertz CT molecular complexity index is 598. The maximum atomic E-state index is 14.0. The molecule has 0 heterocycles. The monoisotopic (exact) mass is 287 g/mol. The van der Waals surface area contributed by atoms with Crippen molar-refractivity contribution in [1.29, 1.82) is 0 Å².